The second-order valence-corrected chi connectivity index (χ2v) is 16.0. The van der Waals surface area contributed by atoms with Gasteiger partial charge in [0.15, 0.2) is 28.7 Å². The van der Waals surface area contributed by atoms with Gasteiger partial charge in [0.05, 0.1) is 29.7 Å². The Morgan fingerprint density at radius 1 is 1.15 bits per heavy atom. The van der Waals surface area contributed by atoms with Crippen LogP contribution in [0.1, 0.15) is 79.2 Å². The van der Waals surface area contributed by atoms with Crippen molar-refractivity contribution in [2.45, 2.75) is 94.3 Å². The monoisotopic (exact) mass is 653 g/mol. The molecule has 6 aliphatic rings. The molecule has 1 spiro atoms. The van der Waals surface area contributed by atoms with Crippen LogP contribution in [0.25, 0.3) is 22.7 Å². The second-order valence-electron chi connectivity index (χ2n) is 14.8. The number of fused-ring (bicyclic) bond motifs is 5. The van der Waals surface area contributed by atoms with E-state index in [0.29, 0.717) is 66.0 Å². The van der Waals surface area contributed by atoms with Crippen LogP contribution < -0.4 is 16.3 Å². The van der Waals surface area contributed by atoms with Gasteiger partial charge in [0.2, 0.25) is 0 Å². The Balaban J connectivity index is 1.18. The number of nitrogens with zero attached hydrogens (tertiary/aromatic N) is 8. The zero-order valence-electron chi connectivity index (χ0n) is 26.9. The van der Waals surface area contributed by atoms with Crippen LogP contribution in [0.2, 0.25) is 0 Å². The molecule has 12 nitrogen and oxygen atoms in total. The SMILES string of the molecule is C[C@@H]([C@@H]1CCCN1C)N1CCn2c(=O)n([C@@]34COCC3C4)c3nc(-c4noc5c4CCC[C@@]54CCCc5sc(N)c(C#N)c54)nc1c32. The standard InChI is InChI=1S/C34H39N9O3S/c1-18(22-7-5-11-40(22)2)41-12-13-42-26-30(41)37-29(38-31(26)43(32(42)44)34-14-19(34)16-45-17-34)25-20-6-3-9-33(27(20)46-39-25)10-4-8-23-24(33)21(15-35)28(36)47-23/h18-19,22H,3-14,16-17,36H2,1-2H3/t18-,19?,22-,33-,34-/m0/s1. The van der Waals surface area contributed by atoms with Gasteiger partial charge in [-0.05, 0) is 83.9 Å². The number of hydrogen-bond acceptors (Lipinski definition) is 11. The molecular formula is C34H39N9O3S. The van der Waals surface area contributed by atoms with Crippen LogP contribution >= 0.6 is 11.3 Å². The summed E-state index contributed by atoms with van der Waals surface area (Å²) >= 11 is 1.55. The fourth-order valence-electron chi connectivity index (χ4n) is 10.2. The Kier molecular flexibility index (Phi) is 5.82. The molecule has 4 aromatic rings. The third-order valence-corrected chi connectivity index (χ3v) is 13.7. The van der Waals surface area contributed by atoms with Crippen LogP contribution in [0.3, 0.4) is 0 Å². The van der Waals surface area contributed by atoms with Gasteiger partial charge in [-0.1, -0.05) is 5.16 Å². The van der Waals surface area contributed by atoms with Crippen molar-refractivity contribution in [2.75, 3.05) is 44.0 Å². The van der Waals surface area contributed by atoms with Crippen LogP contribution in [0, 0.1) is 17.2 Å². The summed E-state index contributed by atoms with van der Waals surface area (Å²) in [6.45, 7) is 5.92. The van der Waals surface area contributed by atoms with E-state index in [2.05, 4.69) is 29.8 Å². The van der Waals surface area contributed by atoms with Gasteiger partial charge in [-0.25, -0.2) is 14.8 Å². The molecule has 4 aromatic heterocycles. The maximum Gasteiger partial charge on any atom is 0.331 e. The first-order valence-corrected chi connectivity index (χ1v) is 18.1. The third kappa shape index (κ3) is 3.59. The van der Waals surface area contributed by atoms with Gasteiger partial charge in [0.1, 0.15) is 16.6 Å². The number of rotatable bonds is 4. The number of thiophene rings is 1. The molecule has 13 heteroatoms. The van der Waals surface area contributed by atoms with E-state index in [0.717, 1.165) is 86.1 Å². The lowest BCUT2D eigenvalue weighted by Crippen LogP contribution is -2.50. The molecule has 0 aromatic carbocycles. The molecule has 47 heavy (non-hydrogen) atoms. The summed E-state index contributed by atoms with van der Waals surface area (Å²) in [5.41, 5.74) is 10.4. The fraction of sp³-hybridized carbons (Fsp3) is 0.618. The van der Waals surface area contributed by atoms with Crippen LogP contribution in [0.4, 0.5) is 10.8 Å². The molecular weight excluding hydrogens is 615 g/mol. The molecule has 7 heterocycles. The Morgan fingerprint density at radius 2 is 2.00 bits per heavy atom. The number of hydrogen-bond donors (Lipinski definition) is 1. The highest BCUT2D eigenvalue weighted by Crippen LogP contribution is 2.57. The van der Waals surface area contributed by atoms with Gasteiger partial charge in [-0.2, -0.15) is 5.26 Å². The van der Waals surface area contributed by atoms with E-state index < -0.39 is 5.41 Å². The number of imidazole rings is 1. The number of nitriles is 1. The predicted octanol–water partition coefficient (Wildman–Crippen LogP) is 3.77. The molecule has 244 valence electrons. The largest absolute Gasteiger partial charge is 0.389 e. The van der Waals surface area contributed by atoms with E-state index in [-0.39, 0.29) is 17.3 Å². The van der Waals surface area contributed by atoms with E-state index in [1.165, 1.54) is 11.3 Å². The van der Waals surface area contributed by atoms with Gasteiger partial charge >= 0.3 is 5.69 Å². The van der Waals surface area contributed by atoms with Crippen molar-refractivity contribution < 1.29 is 9.26 Å². The molecule has 1 saturated carbocycles. The molecule has 3 aliphatic heterocycles. The predicted molar refractivity (Wildman–Crippen MR) is 177 cm³/mol. The van der Waals surface area contributed by atoms with Crippen LogP contribution in [-0.4, -0.2) is 74.6 Å². The van der Waals surface area contributed by atoms with Crippen molar-refractivity contribution in [2.24, 2.45) is 5.92 Å². The first kappa shape index (κ1) is 28.3. The minimum atomic E-state index is -0.426. The number of aryl methyl sites for hydroxylation is 1. The summed E-state index contributed by atoms with van der Waals surface area (Å²) < 4.78 is 16.1. The Hall–Kier alpha value is -3.73. The van der Waals surface area contributed by atoms with Gasteiger partial charge in [-0.3, -0.25) is 9.13 Å². The Bertz CT molecular complexity index is 2080. The summed E-state index contributed by atoms with van der Waals surface area (Å²) in [5.74, 6) is 2.49. The number of likely N-dealkylation sites (N-methyl/N-ethyl adjacent to an activating group) is 1. The van der Waals surface area contributed by atoms with Crippen molar-refractivity contribution in [1.82, 2.24) is 29.2 Å². The Labute approximate surface area is 276 Å². The topological polar surface area (TPSA) is 144 Å². The number of likely N-dealkylation sites (tertiary alicyclic amines) is 1. The number of aromatic nitrogens is 5. The lowest BCUT2D eigenvalue weighted by atomic mass is 9.63. The molecule has 10 rings (SSSR count). The van der Waals surface area contributed by atoms with E-state index in [9.17, 15) is 10.1 Å². The molecule has 2 N–H and O–H groups in total. The second kappa shape index (κ2) is 9.67. The van der Waals surface area contributed by atoms with Crippen LogP contribution in [0.15, 0.2) is 9.32 Å². The van der Waals surface area contributed by atoms with Crippen molar-refractivity contribution in [3.05, 3.63) is 37.8 Å². The highest BCUT2D eigenvalue weighted by atomic mass is 32.1. The van der Waals surface area contributed by atoms with Gasteiger partial charge < -0.3 is 24.8 Å². The van der Waals surface area contributed by atoms with Crippen molar-refractivity contribution in [3.63, 3.8) is 0 Å². The number of nitrogens with two attached hydrogens (primary N) is 1. The van der Waals surface area contributed by atoms with Gasteiger partial charge in [-0.15, -0.1) is 11.3 Å². The smallest absolute Gasteiger partial charge is 0.331 e. The Morgan fingerprint density at radius 3 is 2.74 bits per heavy atom. The molecule has 2 saturated heterocycles. The molecule has 3 aliphatic carbocycles. The average molecular weight is 654 g/mol. The summed E-state index contributed by atoms with van der Waals surface area (Å²) in [7, 11) is 2.21. The van der Waals surface area contributed by atoms with Gasteiger partial charge in [0, 0.05) is 41.5 Å². The highest BCUT2D eigenvalue weighted by Gasteiger charge is 2.62. The minimum absolute atomic E-state index is 0.0130. The summed E-state index contributed by atoms with van der Waals surface area (Å²) in [5, 5.41) is 15.5. The zero-order valence-corrected chi connectivity index (χ0v) is 27.7. The molecule has 5 atom stereocenters. The van der Waals surface area contributed by atoms with Crippen LogP contribution in [-0.2, 0) is 35.1 Å². The molecule has 0 radical (unpaired) electrons. The number of nitrogen functional groups attached to an aromatic ring is 1. The molecule has 0 bridgehead atoms. The average Bonchev–Trinajstić information content (AvgIpc) is 3.66. The summed E-state index contributed by atoms with van der Waals surface area (Å²) in [6, 6.07) is 3.04. The van der Waals surface area contributed by atoms with E-state index >= 15 is 0 Å². The molecule has 3 fully saturated rings. The van der Waals surface area contributed by atoms with Crippen molar-refractivity contribution in [1.29, 1.82) is 5.26 Å². The first-order valence-electron chi connectivity index (χ1n) is 17.3. The lowest BCUT2D eigenvalue weighted by Gasteiger charge is -2.39. The quantitative estimate of drug-likeness (QED) is 0.346. The normalized spacial score (nSPS) is 30.0. The highest BCUT2D eigenvalue weighted by molar-refractivity contribution is 7.16. The maximum absolute atomic E-state index is 14.2. The van der Waals surface area contributed by atoms with E-state index in [4.69, 9.17) is 30.1 Å². The third-order valence-electron chi connectivity index (χ3n) is 12.6. The fourth-order valence-corrected chi connectivity index (χ4v) is 11.4. The van der Waals surface area contributed by atoms with Crippen molar-refractivity contribution >= 4 is 33.3 Å². The maximum atomic E-state index is 14.2. The van der Waals surface area contributed by atoms with E-state index in [1.807, 2.05) is 9.13 Å². The van der Waals surface area contributed by atoms with E-state index in [1.54, 1.807) is 11.3 Å². The summed E-state index contributed by atoms with van der Waals surface area (Å²) in [4.78, 5) is 30.8. The van der Waals surface area contributed by atoms with Crippen LogP contribution in [0.5, 0.6) is 0 Å². The number of ether oxygens (including phenoxy) is 1. The number of anilines is 2. The molecule has 0 amide bonds. The molecule has 1 unspecified atom stereocenters. The van der Waals surface area contributed by atoms with Gasteiger partial charge in [0.25, 0.3) is 0 Å². The minimum Gasteiger partial charge on any atom is -0.389 e. The first-order chi connectivity index (χ1) is 22.9. The van der Waals surface area contributed by atoms with Crippen molar-refractivity contribution in [3.8, 4) is 17.6 Å². The summed E-state index contributed by atoms with van der Waals surface area (Å²) in [6.07, 6.45) is 8.72. The zero-order chi connectivity index (χ0) is 31.8. The lowest BCUT2D eigenvalue weighted by molar-refractivity contribution is 0.147.